The van der Waals surface area contributed by atoms with E-state index >= 15 is 0 Å². The van der Waals surface area contributed by atoms with Crippen molar-refractivity contribution in [2.45, 2.75) is 17.9 Å². The van der Waals surface area contributed by atoms with Gasteiger partial charge in [-0.1, -0.05) is 15.9 Å². The van der Waals surface area contributed by atoms with Crippen LogP contribution in [0.4, 0.5) is 5.69 Å². The molecule has 0 radical (unpaired) electrons. The van der Waals surface area contributed by atoms with Crippen LogP contribution in [0.1, 0.15) is 6.92 Å². The van der Waals surface area contributed by atoms with E-state index in [2.05, 4.69) is 26.1 Å². The number of likely N-dealkylation sites (N-methyl/N-ethyl adjacent to an activating group) is 1. The van der Waals surface area contributed by atoms with Gasteiger partial charge >= 0.3 is 0 Å². The number of benzene rings is 1. The Labute approximate surface area is 116 Å². The van der Waals surface area contributed by atoms with Crippen molar-refractivity contribution < 1.29 is 8.42 Å². The van der Waals surface area contributed by atoms with Crippen LogP contribution in [0.25, 0.3) is 0 Å². The van der Waals surface area contributed by atoms with Gasteiger partial charge in [-0.2, -0.15) is 0 Å². The van der Waals surface area contributed by atoms with Crippen molar-refractivity contribution in [1.29, 1.82) is 0 Å². The summed E-state index contributed by atoms with van der Waals surface area (Å²) in [6, 6.07) is 5.36. The fraction of sp³-hybridized carbons (Fsp3) is 0.500. The number of fused-ring (bicyclic) bond motifs is 1. The van der Waals surface area contributed by atoms with Gasteiger partial charge in [0, 0.05) is 23.6 Å². The predicted octanol–water partition coefficient (Wildman–Crippen LogP) is 1.65. The lowest BCUT2D eigenvalue weighted by Crippen LogP contribution is -2.45. The van der Waals surface area contributed by atoms with Crippen LogP contribution in [0, 0.1) is 0 Å². The normalized spacial score (nSPS) is 21.7. The first kappa shape index (κ1) is 13.8. The molecule has 0 aromatic heterocycles. The average molecular weight is 333 g/mol. The molecule has 1 atom stereocenters. The third kappa shape index (κ3) is 2.55. The molecule has 0 aliphatic carbocycles. The summed E-state index contributed by atoms with van der Waals surface area (Å²) in [6.07, 6.45) is 0. The molecule has 0 amide bonds. The van der Waals surface area contributed by atoms with E-state index < -0.39 is 9.84 Å². The third-order valence-electron chi connectivity index (χ3n) is 3.16. The Morgan fingerprint density at radius 1 is 1.50 bits per heavy atom. The van der Waals surface area contributed by atoms with Crippen LogP contribution in [-0.2, 0) is 9.84 Å². The SMILES string of the molecule is CNCCN1c2cc(Br)ccc2S(=O)(=O)CC1C. The molecule has 4 nitrogen and oxygen atoms in total. The summed E-state index contributed by atoms with van der Waals surface area (Å²) < 4.78 is 25.2. The van der Waals surface area contributed by atoms with Crippen molar-refractivity contribution in [3.8, 4) is 0 Å². The minimum Gasteiger partial charge on any atom is -0.365 e. The standard InChI is InChI=1S/C12H17BrN2O2S/c1-9-8-18(16,17)12-4-3-10(13)7-11(12)15(9)6-5-14-2/h3-4,7,9,14H,5-6,8H2,1-2H3. The van der Waals surface area contributed by atoms with Crippen LogP contribution >= 0.6 is 15.9 Å². The Bertz CT molecular complexity index is 545. The number of anilines is 1. The number of nitrogens with one attached hydrogen (secondary N) is 1. The minimum absolute atomic E-state index is 0.00477. The highest BCUT2D eigenvalue weighted by atomic mass is 79.9. The quantitative estimate of drug-likeness (QED) is 0.914. The molecular weight excluding hydrogens is 316 g/mol. The molecule has 6 heteroatoms. The summed E-state index contributed by atoms with van der Waals surface area (Å²) in [5, 5.41) is 3.10. The number of hydrogen-bond acceptors (Lipinski definition) is 4. The highest BCUT2D eigenvalue weighted by Crippen LogP contribution is 2.35. The Balaban J connectivity index is 2.49. The maximum atomic E-state index is 12.2. The van der Waals surface area contributed by atoms with Gasteiger partial charge in [-0.3, -0.25) is 0 Å². The summed E-state index contributed by atoms with van der Waals surface area (Å²) in [5.74, 6) is 0.186. The van der Waals surface area contributed by atoms with Gasteiger partial charge in [-0.25, -0.2) is 8.42 Å². The van der Waals surface area contributed by atoms with E-state index in [1.165, 1.54) is 0 Å². The lowest BCUT2D eigenvalue weighted by atomic mass is 10.2. The van der Waals surface area contributed by atoms with Crippen molar-refractivity contribution in [3.05, 3.63) is 22.7 Å². The van der Waals surface area contributed by atoms with Gasteiger partial charge in [0.05, 0.1) is 16.3 Å². The monoisotopic (exact) mass is 332 g/mol. The van der Waals surface area contributed by atoms with Crippen molar-refractivity contribution in [2.75, 3.05) is 30.8 Å². The number of rotatable bonds is 3. The van der Waals surface area contributed by atoms with E-state index in [1.807, 2.05) is 20.0 Å². The molecule has 0 fully saturated rings. The van der Waals surface area contributed by atoms with Crippen molar-refractivity contribution >= 4 is 31.5 Å². The van der Waals surface area contributed by atoms with E-state index in [9.17, 15) is 8.42 Å². The molecule has 2 rings (SSSR count). The van der Waals surface area contributed by atoms with Gasteiger partial charge in [0.25, 0.3) is 0 Å². The molecule has 1 aromatic rings. The molecule has 0 saturated carbocycles. The fourth-order valence-corrected chi connectivity index (χ4v) is 4.40. The topological polar surface area (TPSA) is 49.4 Å². The van der Waals surface area contributed by atoms with Crippen molar-refractivity contribution in [1.82, 2.24) is 5.32 Å². The molecule has 1 heterocycles. The van der Waals surface area contributed by atoms with Crippen LogP contribution < -0.4 is 10.2 Å². The van der Waals surface area contributed by atoms with Crippen LogP contribution in [0.2, 0.25) is 0 Å². The number of nitrogens with zero attached hydrogens (tertiary/aromatic N) is 1. The maximum Gasteiger partial charge on any atom is 0.182 e. The molecule has 0 spiro atoms. The second kappa shape index (κ2) is 5.19. The summed E-state index contributed by atoms with van der Waals surface area (Å²) in [7, 11) is -1.25. The van der Waals surface area contributed by atoms with Gasteiger partial charge in [0.1, 0.15) is 0 Å². The summed E-state index contributed by atoms with van der Waals surface area (Å²) in [4.78, 5) is 2.59. The second-order valence-electron chi connectivity index (χ2n) is 4.54. The van der Waals surface area contributed by atoms with Crippen molar-refractivity contribution in [2.24, 2.45) is 0 Å². The maximum absolute atomic E-state index is 12.2. The Kier molecular flexibility index (Phi) is 3.99. The Morgan fingerprint density at radius 3 is 2.89 bits per heavy atom. The highest BCUT2D eigenvalue weighted by molar-refractivity contribution is 9.10. The smallest absolute Gasteiger partial charge is 0.182 e. The first-order valence-electron chi connectivity index (χ1n) is 5.89. The number of hydrogen-bond donors (Lipinski definition) is 1. The van der Waals surface area contributed by atoms with Gasteiger partial charge < -0.3 is 10.2 Å². The summed E-state index contributed by atoms with van der Waals surface area (Å²) in [5.41, 5.74) is 0.804. The fourth-order valence-electron chi connectivity index (χ4n) is 2.29. The predicted molar refractivity (Wildman–Crippen MR) is 76.9 cm³/mol. The average Bonchev–Trinajstić information content (AvgIpc) is 2.27. The number of halogens is 1. The van der Waals surface area contributed by atoms with E-state index in [0.717, 1.165) is 23.2 Å². The molecule has 0 bridgehead atoms. The van der Waals surface area contributed by atoms with E-state index in [0.29, 0.717) is 4.90 Å². The zero-order valence-corrected chi connectivity index (χ0v) is 12.9. The third-order valence-corrected chi connectivity index (χ3v) is 5.59. The summed E-state index contributed by atoms with van der Waals surface area (Å²) >= 11 is 3.41. The van der Waals surface area contributed by atoms with Gasteiger partial charge in [0.15, 0.2) is 9.84 Å². The van der Waals surface area contributed by atoms with Gasteiger partial charge in [0.2, 0.25) is 0 Å². The molecule has 100 valence electrons. The second-order valence-corrected chi connectivity index (χ2v) is 7.46. The largest absolute Gasteiger partial charge is 0.365 e. The lowest BCUT2D eigenvalue weighted by molar-refractivity contribution is 0.568. The molecule has 1 aliphatic rings. The molecule has 1 unspecified atom stereocenters. The van der Waals surface area contributed by atoms with E-state index in [-0.39, 0.29) is 11.8 Å². The molecule has 0 saturated heterocycles. The van der Waals surface area contributed by atoms with Crippen LogP contribution in [0.3, 0.4) is 0 Å². The zero-order valence-electron chi connectivity index (χ0n) is 10.5. The summed E-state index contributed by atoms with van der Waals surface area (Å²) in [6.45, 7) is 3.59. The minimum atomic E-state index is -3.15. The molecule has 1 N–H and O–H groups in total. The van der Waals surface area contributed by atoms with E-state index in [4.69, 9.17) is 0 Å². The lowest BCUT2D eigenvalue weighted by Gasteiger charge is -2.36. The number of sulfone groups is 1. The van der Waals surface area contributed by atoms with Gasteiger partial charge in [-0.15, -0.1) is 0 Å². The Morgan fingerprint density at radius 2 is 2.22 bits per heavy atom. The molecular formula is C12H17BrN2O2S. The van der Waals surface area contributed by atoms with Crippen LogP contribution in [0.5, 0.6) is 0 Å². The van der Waals surface area contributed by atoms with Crippen LogP contribution in [0.15, 0.2) is 27.6 Å². The van der Waals surface area contributed by atoms with Crippen LogP contribution in [-0.4, -0.2) is 40.3 Å². The molecule has 1 aromatic carbocycles. The highest BCUT2D eigenvalue weighted by Gasteiger charge is 2.32. The Hall–Kier alpha value is -0.590. The van der Waals surface area contributed by atoms with E-state index in [1.54, 1.807) is 12.1 Å². The molecule has 18 heavy (non-hydrogen) atoms. The first-order valence-corrected chi connectivity index (χ1v) is 8.34. The molecule has 1 aliphatic heterocycles. The zero-order chi connectivity index (χ0) is 13.3. The first-order chi connectivity index (χ1) is 8.45. The van der Waals surface area contributed by atoms with Gasteiger partial charge in [-0.05, 0) is 32.2 Å². The van der Waals surface area contributed by atoms with Crippen molar-refractivity contribution in [3.63, 3.8) is 0 Å².